The Labute approximate surface area is 214 Å². The van der Waals surface area contributed by atoms with E-state index in [0.717, 1.165) is 22.2 Å². The molecule has 10 heteroatoms. The minimum Gasteiger partial charge on any atom is -0.483 e. The fraction of sp³-hybridized carbons (Fsp3) is 0.259. The molecule has 0 atom stereocenters. The summed E-state index contributed by atoms with van der Waals surface area (Å²) in [5.41, 5.74) is 2.31. The summed E-state index contributed by atoms with van der Waals surface area (Å²) < 4.78 is 16.0. The van der Waals surface area contributed by atoms with E-state index < -0.39 is 35.5 Å². The number of hydrogen-bond donors (Lipinski definition) is 2. The number of ether oxygens (including phenoxy) is 3. The number of nitrogens with zero attached hydrogens (tertiary/aromatic N) is 1. The van der Waals surface area contributed by atoms with Crippen molar-refractivity contribution in [3.63, 3.8) is 0 Å². The number of hydrogen-bond acceptors (Lipinski definition) is 7. The Balaban J connectivity index is 1.71. The molecule has 2 N–H and O–H groups in total. The second-order valence-electron chi connectivity index (χ2n) is 9.00. The predicted octanol–water partition coefficient (Wildman–Crippen LogP) is 3.58. The molecule has 3 rings (SSSR count). The Hall–Kier alpha value is -4.60. The topological polar surface area (TPSA) is 127 Å². The van der Waals surface area contributed by atoms with Crippen LogP contribution in [0.15, 0.2) is 77.7 Å². The van der Waals surface area contributed by atoms with Gasteiger partial charge in [0.1, 0.15) is 31.1 Å². The number of esters is 1. The van der Waals surface area contributed by atoms with Gasteiger partial charge >= 0.3 is 12.1 Å². The molecule has 1 heterocycles. The normalized spacial score (nSPS) is 10.8. The van der Waals surface area contributed by atoms with Crippen LogP contribution in [0.5, 0.6) is 5.75 Å². The zero-order chi connectivity index (χ0) is 26.8. The standard InChI is InChI=1S/C27H29N3O7/c1-27(2,3)37-24(32)16-30(29-26(34)36-18-20-12-8-5-9-13-20)25(33)21-14-22(31)23(15-28-21)35-17-19-10-6-4-7-11-19/h4-15H,16-18H2,1-3H3,(H,28,31)(H,29,34). The van der Waals surface area contributed by atoms with E-state index in [1.807, 2.05) is 36.4 Å². The minimum absolute atomic E-state index is 0.00863. The van der Waals surface area contributed by atoms with Crippen LogP contribution < -0.4 is 15.6 Å². The lowest BCUT2D eigenvalue weighted by Crippen LogP contribution is -2.50. The van der Waals surface area contributed by atoms with Gasteiger partial charge in [-0.25, -0.2) is 15.2 Å². The van der Waals surface area contributed by atoms with Gasteiger partial charge in [-0.3, -0.25) is 14.4 Å². The average Bonchev–Trinajstić information content (AvgIpc) is 2.86. The van der Waals surface area contributed by atoms with Crippen LogP contribution in [-0.2, 0) is 27.5 Å². The van der Waals surface area contributed by atoms with Crippen molar-refractivity contribution in [3.05, 3.63) is 100.0 Å². The lowest BCUT2D eigenvalue weighted by molar-refractivity contribution is -0.156. The molecule has 0 aliphatic rings. The Morgan fingerprint density at radius 2 is 1.51 bits per heavy atom. The molecule has 0 bridgehead atoms. The molecule has 194 valence electrons. The number of rotatable bonds is 8. The molecule has 0 aliphatic heterocycles. The maximum absolute atomic E-state index is 13.1. The zero-order valence-electron chi connectivity index (χ0n) is 20.9. The number of benzene rings is 2. The van der Waals surface area contributed by atoms with Crippen LogP contribution in [0, 0.1) is 0 Å². The molecule has 2 aromatic carbocycles. The number of carbonyl (C=O) groups is 3. The van der Waals surface area contributed by atoms with Gasteiger partial charge in [-0.05, 0) is 31.9 Å². The number of amides is 2. The summed E-state index contributed by atoms with van der Waals surface area (Å²) in [6.45, 7) is 4.51. The summed E-state index contributed by atoms with van der Waals surface area (Å²) in [7, 11) is 0. The highest BCUT2D eigenvalue weighted by atomic mass is 16.6. The smallest absolute Gasteiger partial charge is 0.426 e. The predicted molar refractivity (Wildman–Crippen MR) is 134 cm³/mol. The number of carbonyl (C=O) groups excluding carboxylic acids is 3. The Morgan fingerprint density at radius 3 is 2.08 bits per heavy atom. The summed E-state index contributed by atoms with van der Waals surface area (Å²) in [6.07, 6.45) is 0.281. The quantitative estimate of drug-likeness (QED) is 0.352. The number of nitrogens with one attached hydrogen (secondary N) is 2. The fourth-order valence-electron chi connectivity index (χ4n) is 3.11. The number of aromatic amines is 1. The van der Waals surface area contributed by atoms with Crippen LogP contribution in [0.2, 0.25) is 0 Å². The Bertz CT molecular complexity index is 1270. The molecule has 0 spiro atoms. The van der Waals surface area contributed by atoms with Crippen molar-refractivity contribution >= 4 is 18.0 Å². The lowest BCUT2D eigenvalue weighted by atomic mass is 10.2. The molecule has 0 aliphatic carbocycles. The van der Waals surface area contributed by atoms with E-state index in [9.17, 15) is 19.2 Å². The molecule has 0 radical (unpaired) electrons. The average molecular weight is 508 g/mol. The van der Waals surface area contributed by atoms with E-state index in [-0.39, 0.29) is 24.7 Å². The Kier molecular flexibility index (Phi) is 9.04. The molecule has 0 saturated carbocycles. The van der Waals surface area contributed by atoms with Gasteiger partial charge in [0.15, 0.2) is 5.75 Å². The SMILES string of the molecule is CC(C)(C)OC(=O)CN(NC(=O)OCc1ccccc1)C(=O)c1cc(=O)c(OCc2ccccc2)c[nH]1. The van der Waals surface area contributed by atoms with Gasteiger partial charge < -0.3 is 19.2 Å². The first-order chi connectivity index (χ1) is 17.6. The van der Waals surface area contributed by atoms with Gasteiger partial charge in [-0.15, -0.1) is 0 Å². The number of hydrazine groups is 1. The summed E-state index contributed by atoms with van der Waals surface area (Å²) in [5, 5.41) is 0.719. The molecule has 0 fully saturated rings. The van der Waals surface area contributed by atoms with Crippen LogP contribution >= 0.6 is 0 Å². The van der Waals surface area contributed by atoms with Gasteiger partial charge in [0.25, 0.3) is 5.91 Å². The number of H-pyrrole nitrogens is 1. The third-order valence-corrected chi connectivity index (χ3v) is 4.74. The van der Waals surface area contributed by atoms with Crippen molar-refractivity contribution in [2.45, 2.75) is 39.6 Å². The maximum Gasteiger partial charge on any atom is 0.426 e. The largest absolute Gasteiger partial charge is 0.483 e. The summed E-state index contributed by atoms with van der Waals surface area (Å²) in [5.74, 6) is -1.61. The molecule has 2 amide bonds. The van der Waals surface area contributed by atoms with Gasteiger partial charge in [0, 0.05) is 12.3 Å². The first kappa shape index (κ1) is 27.0. The monoisotopic (exact) mass is 507 g/mol. The lowest BCUT2D eigenvalue weighted by Gasteiger charge is -2.25. The van der Waals surface area contributed by atoms with Gasteiger partial charge in [0.2, 0.25) is 5.43 Å². The molecule has 3 aromatic rings. The van der Waals surface area contributed by atoms with E-state index >= 15 is 0 Å². The molecule has 0 unspecified atom stereocenters. The fourth-order valence-corrected chi connectivity index (χ4v) is 3.11. The van der Waals surface area contributed by atoms with E-state index in [4.69, 9.17) is 14.2 Å². The second kappa shape index (κ2) is 12.4. The first-order valence-electron chi connectivity index (χ1n) is 11.5. The third kappa shape index (κ3) is 8.84. The van der Waals surface area contributed by atoms with Crippen molar-refractivity contribution < 1.29 is 28.6 Å². The van der Waals surface area contributed by atoms with Crippen LogP contribution in [0.3, 0.4) is 0 Å². The minimum atomic E-state index is -0.967. The van der Waals surface area contributed by atoms with E-state index in [1.54, 1.807) is 45.0 Å². The van der Waals surface area contributed by atoms with E-state index in [0.29, 0.717) is 0 Å². The van der Waals surface area contributed by atoms with E-state index in [2.05, 4.69) is 10.4 Å². The molecule has 1 aromatic heterocycles. The third-order valence-electron chi connectivity index (χ3n) is 4.74. The highest BCUT2D eigenvalue weighted by Crippen LogP contribution is 2.10. The highest BCUT2D eigenvalue weighted by Gasteiger charge is 2.26. The second-order valence-corrected chi connectivity index (χ2v) is 9.00. The van der Waals surface area contributed by atoms with Crippen LogP contribution in [0.4, 0.5) is 4.79 Å². The van der Waals surface area contributed by atoms with E-state index in [1.165, 1.54) is 6.20 Å². The summed E-state index contributed by atoms with van der Waals surface area (Å²) in [6, 6.07) is 19.2. The van der Waals surface area contributed by atoms with Crippen molar-refractivity contribution in [1.82, 2.24) is 15.4 Å². The number of aromatic nitrogens is 1. The number of pyridine rings is 1. The molecular weight excluding hydrogens is 478 g/mol. The molecular formula is C27H29N3O7. The molecule has 10 nitrogen and oxygen atoms in total. The summed E-state index contributed by atoms with van der Waals surface area (Å²) >= 11 is 0. The van der Waals surface area contributed by atoms with Crippen molar-refractivity contribution in [3.8, 4) is 5.75 Å². The molecule has 0 saturated heterocycles. The van der Waals surface area contributed by atoms with Gasteiger partial charge in [-0.1, -0.05) is 60.7 Å². The van der Waals surface area contributed by atoms with Crippen LogP contribution in [0.25, 0.3) is 0 Å². The van der Waals surface area contributed by atoms with Gasteiger partial charge in [-0.2, -0.15) is 0 Å². The summed E-state index contributed by atoms with van der Waals surface area (Å²) in [4.78, 5) is 53.2. The Morgan fingerprint density at radius 1 is 0.919 bits per heavy atom. The maximum atomic E-state index is 13.1. The van der Waals surface area contributed by atoms with Gasteiger partial charge in [0.05, 0.1) is 0 Å². The van der Waals surface area contributed by atoms with Crippen molar-refractivity contribution in [2.24, 2.45) is 0 Å². The van der Waals surface area contributed by atoms with Crippen molar-refractivity contribution in [1.29, 1.82) is 0 Å². The van der Waals surface area contributed by atoms with Crippen LogP contribution in [0.1, 0.15) is 42.4 Å². The first-order valence-corrected chi connectivity index (χ1v) is 11.5. The highest BCUT2D eigenvalue weighted by molar-refractivity contribution is 5.95. The van der Waals surface area contributed by atoms with Crippen molar-refractivity contribution in [2.75, 3.05) is 6.54 Å². The molecule has 37 heavy (non-hydrogen) atoms. The van der Waals surface area contributed by atoms with Crippen LogP contribution in [-0.4, -0.2) is 40.1 Å². The zero-order valence-corrected chi connectivity index (χ0v) is 20.9.